The summed E-state index contributed by atoms with van der Waals surface area (Å²) in [6.45, 7) is 3.54. The Labute approximate surface area is 202 Å². The van der Waals surface area contributed by atoms with Crippen molar-refractivity contribution in [2.75, 3.05) is 13.7 Å². The Morgan fingerprint density at radius 3 is 2.63 bits per heavy atom. The fourth-order valence-electron chi connectivity index (χ4n) is 3.82. The maximum atomic E-state index is 13.5. The number of phenols is 1. The van der Waals surface area contributed by atoms with Gasteiger partial charge in [0.05, 0.1) is 40.5 Å². The lowest BCUT2D eigenvalue weighted by Crippen LogP contribution is -2.39. The number of rotatable bonds is 6. The van der Waals surface area contributed by atoms with E-state index >= 15 is 0 Å². The number of ether oxygens (including phenoxy) is 2. The van der Waals surface area contributed by atoms with Gasteiger partial charge in [0.15, 0.2) is 10.6 Å². The molecule has 2 heterocycles. The van der Waals surface area contributed by atoms with Gasteiger partial charge in [0.1, 0.15) is 5.75 Å². The number of hydrogen-bond acceptors (Lipinski definition) is 9. The SMILES string of the molecule is CCOC(=O)C1=C(C)N=c2s/c(=C/c3ccc(O)c([N+](=O)[O-])c3)c(=O)n2[C@@H]1c1ccc(OC)cc1. The molecule has 4 rings (SSSR count). The lowest BCUT2D eigenvalue weighted by atomic mass is 9.96. The molecule has 0 saturated heterocycles. The van der Waals surface area contributed by atoms with Crippen molar-refractivity contribution in [3.05, 3.63) is 94.7 Å². The summed E-state index contributed by atoms with van der Waals surface area (Å²) in [5.74, 6) is -0.422. The van der Waals surface area contributed by atoms with E-state index in [-0.39, 0.29) is 16.7 Å². The molecule has 0 unspecified atom stereocenters. The minimum absolute atomic E-state index is 0.162. The summed E-state index contributed by atoms with van der Waals surface area (Å²) < 4.78 is 12.2. The fraction of sp³-hybridized carbons (Fsp3) is 0.208. The van der Waals surface area contributed by atoms with Crippen LogP contribution in [0.15, 0.2) is 63.5 Å². The van der Waals surface area contributed by atoms with E-state index in [0.717, 1.165) is 11.3 Å². The van der Waals surface area contributed by atoms with Gasteiger partial charge in [-0.25, -0.2) is 9.79 Å². The molecule has 0 amide bonds. The molecule has 3 aromatic rings. The van der Waals surface area contributed by atoms with Crippen LogP contribution in [0.3, 0.4) is 0 Å². The molecule has 180 valence electrons. The molecular weight excluding hydrogens is 474 g/mol. The molecule has 1 atom stereocenters. The Kier molecular flexibility index (Phi) is 6.52. The number of carbonyl (C=O) groups is 1. The van der Waals surface area contributed by atoms with Crippen LogP contribution in [0.25, 0.3) is 6.08 Å². The molecule has 0 saturated carbocycles. The predicted molar refractivity (Wildman–Crippen MR) is 128 cm³/mol. The first-order valence-corrected chi connectivity index (χ1v) is 11.4. The third-order valence-electron chi connectivity index (χ3n) is 5.44. The Hall–Kier alpha value is -4.25. The molecule has 1 N–H and O–H groups in total. The number of aromatic hydroxyl groups is 1. The van der Waals surface area contributed by atoms with Gasteiger partial charge in [-0.3, -0.25) is 19.5 Å². The van der Waals surface area contributed by atoms with Crippen LogP contribution in [-0.2, 0) is 9.53 Å². The summed E-state index contributed by atoms with van der Waals surface area (Å²) in [6, 6.07) is 10.1. The number of phenolic OH excluding ortho intramolecular Hbond substituents is 1. The van der Waals surface area contributed by atoms with Crippen LogP contribution in [0, 0.1) is 10.1 Å². The van der Waals surface area contributed by atoms with E-state index in [1.54, 1.807) is 45.2 Å². The molecule has 0 aliphatic carbocycles. The summed E-state index contributed by atoms with van der Waals surface area (Å²) in [5, 5.41) is 20.9. The van der Waals surface area contributed by atoms with Crippen LogP contribution >= 0.6 is 11.3 Å². The van der Waals surface area contributed by atoms with E-state index in [1.165, 1.54) is 28.8 Å². The molecule has 0 bridgehead atoms. The number of nitro groups is 1. The summed E-state index contributed by atoms with van der Waals surface area (Å²) in [7, 11) is 1.54. The predicted octanol–water partition coefficient (Wildman–Crippen LogP) is 2.42. The highest BCUT2D eigenvalue weighted by Gasteiger charge is 2.33. The molecule has 1 aliphatic heterocycles. The molecule has 10 nitrogen and oxygen atoms in total. The minimum atomic E-state index is -0.785. The molecule has 35 heavy (non-hydrogen) atoms. The van der Waals surface area contributed by atoms with Gasteiger partial charge in [-0.2, -0.15) is 0 Å². The average molecular weight is 496 g/mol. The largest absolute Gasteiger partial charge is 0.502 e. The number of fused-ring (bicyclic) bond motifs is 1. The van der Waals surface area contributed by atoms with E-state index in [2.05, 4.69) is 4.99 Å². The molecule has 1 aromatic heterocycles. The standard InChI is InChI=1S/C24H21N3O7S/c1-4-34-23(30)20-13(2)25-24-26(21(20)15-6-8-16(33-3)9-7-15)22(29)19(35-24)12-14-5-10-18(28)17(11-14)27(31)32/h5-12,21,28H,4H2,1-3H3/b19-12+/t21-/m1/s1. The van der Waals surface area contributed by atoms with E-state index in [9.17, 15) is 24.8 Å². The van der Waals surface area contributed by atoms with Crippen molar-refractivity contribution in [1.29, 1.82) is 0 Å². The molecule has 0 spiro atoms. The number of hydrogen-bond donors (Lipinski definition) is 1. The third-order valence-corrected chi connectivity index (χ3v) is 6.43. The summed E-state index contributed by atoms with van der Waals surface area (Å²) in [6.07, 6.45) is 1.49. The quantitative estimate of drug-likeness (QED) is 0.315. The number of carbonyl (C=O) groups excluding carboxylic acids is 1. The van der Waals surface area contributed by atoms with Gasteiger partial charge in [-0.1, -0.05) is 29.5 Å². The van der Waals surface area contributed by atoms with Crippen molar-refractivity contribution in [1.82, 2.24) is 4.57 Å². The van der Waals surface area contributed by atoms with E-state index < -0.39 is 33.9 Å². The van der Waals surface area contributed by atoms with Gasteiger partial charge in [-0.05, 0) is 49.2 Å². The van der Waals surface area contributed by atoms with Crippen LogP contribution < -0.4 is 19.6 Å². The first kappa shape index (κ1) is 23.9. The highest BCUT2D eigenvalue weighted by Crippen LogP contribution is 2.31. The second-order valence-corrected chi connectivity index (χ2v) is 8.59. The highest BCUT2D eigenvalue weighted by molar-refractivity contribution is 7.07. The van der Waals surface area contributed by atoms with Crippen molar-refractivity contribution in [2.24, 2.45) is 4.99 Å². The van der Waals surface area contributed by atoms with Crippen molar-refractivity contribution in [3.63, 3.8) is 0 Å². The number of esters is 1. The van der Waals surface area contributed by atoms with Crippen LogP contribution in [0.4, 0.5) is 5.69 Å². The number of benzene rings is 2. The van der Waals surface area contributed by atoms with E-state index in [1.807, 2.05) is 0 Å². The molecule has 0 fully saturated rings. The number of nitrogens with zero attached hydrogens (tertiary/aromatic N) is 3. The van der Waals surface area contributed by atoms with Crippen molar-refractivity contribution in [3.8, 4) is 11.5 Å². The first-order chi connectivity index (χ1) is 16.7. The Morgan fingerprint density at radius 1 is 1.29 bits per heavy atom. The van der Waals surface area contributed by atoms with Crippen molar-refractivity contribution in [2.45, 2.75) is 19.9 Å². The molecular formula is C24H21N3O7S. The van der Waals surface area contributed by atoms with Gasteiger partial charge in [0.2, 0.25) is 0 Å². The van der Waals surface area contributed by atoms with Gasteiger partial charge < -0.3 is 14.6 Å². The molecule has 1 aliphatic rings. The molecule has 11 heteroatoms. The number of thiazole rings is 1. The number of methoxy groups -OCH3 is 1. The van der Waals surface area contributed by atoms with Crippen LogP contribution in [-0.4, -0.2) is 34.3 Å². The van der Waals surface area contributed by atoms with Crippen molar-refractivity contribution < 1.29 is 24.3 Å². The van der Waals surface area contributed by atoms with Crippen molar-refractivity contribution >= 4 is 29.1 Å². The average Bonchev–Trinajstić information content (AvgIpc) is 3.13. The van der Waals surface area contributed by atoms with E-state index in [0.29, 0.717) is 27.4 Å². The zero-order valence-corrected chi connectivity index (χ0v) is 19.9. The highest BCUT2D eigenvalue weighted by atomic mass is 32.1. The van der Waals surface area contributed by atoms with Gasteiger partial charge in [-0.15, -0.1) is 0 Å². The van der Waals surface area contributed by atoms with E-state index in [4.69, 9.17) is 9.47 Å². The maximum Gasteiger partial charge on any atom is 0.338 e. The Bertz CT molecular complexity index is 1530. The summed E-state index contributed by atoms with van der Waals surface area (Å²) >= 11 is 1.10. The summed E-state index contributed by atoms with van der Waals surface area (Å²) in [4.78, 5) is 41.8. The lowest BCUT2D eigenvalue weighted by Gasteiger charge is -2.24. The molecule has 0 radical (unpaired) electrons. The Morgan fingerprint density at radius 2 is 2.00 bits per heavy atom. The first-order valence-electron chi connectivity index (χ1n) is 10.6. The van der Waals surface area contributed by atoms with Gasteiger partial charge >= 0.3 is 11.7 Å². The normalized spacial score (nSPS) is 15.4. The third kappa shape index (κ3) is 4.45. The van der Waals surface area contributed by atoms with Crippen LogP contribution in [0.5, 0.6) is 11.5 Å². The Balaban J connectivity index is 1.93. The lowest BCUT2D eigenvalue weighted by molar-refractivity contribution is -0.385. The maximum absolute atomic E-state index is 13.5. The minimum Gasteiger partial charge on any atom is -0.502 e. The number of allylic oxidation sites excluding steroid dienone is 1. The number of nitro benzene ring substituents is 1. The second kappa shape index (κ2) is 9.55. The second-order valence-electron chi connectivity index (χ2n) is 7.58. The smallest absolute Gasteiger partial charge is 0.338 e. The topological polar surface area (TPSA) is 133 Å². The van der Waals surface area contributed by atoms with Crippen LogP contribution in [0.1, 0.15) is 31.0 Å². The number of aromatic nitrogens is 1. The zero-order valence-electron chi connectivity index (χ0n) is 19.0. The monoisotopic (exact) mass is 495 g/mol. The van der Waals surface area contributed by atoms with Gasteiger partial charge in [0.25, 0.3) is 5.56 Å². The zero-order chi connectivity index (χ0) is 25.3. The van der Waals surface area contributed by atoms with Gasteiger partial charge in [0, 0.05) is 6.07 Å². The fourth-order valence-corrected chi connectivity index (χ4v) is 4.87. The summed E-state index contributed by atoms with van der Waals surface area (Å²) in [5.41, 5.74) is 0.814. The van der Waals surface area contributed by atoms with Crippen LogP contribution in [0.2, 0.25) is 0 Å². The molecule has 2 aromatic carbocycles.